The van der Waals surface area contributed by atoms with Crippen molar-refractivity contribution in [2.24, 2.45) is 5.41 Å². The normalized spacial score (nSPS) is 11.8. The van der Waals surface area contributed by atoms with Crippen LogP contribution in [0.25, 0.3) is 0 Å². The average Bonchev–Trinajstić information content (AvgIpc) is 2.27. The number of hydrogen-bond donors (Lipinski definition) is 1. The van der Waals surface area contributed by atoms with Crippen molar-refractivity contribution in [3.05, 3.63) is 39.9 Å². The van der Waals surface area contributed by atoms with E-state index in [1.807, 2.05) is 20.2 Å². The summed E-state index contributed by atoms with van der Waals surface area (Å²) < 4.78 is 0. The van der Waals surface area contributed by atoms with Crippen LogP contribution in [0.1, 0.15) is 19.4 Å². The van der Waals surface area contributed by atoms with Crippen LogP contribution in [-0.4, -0.2) is 37.0 Å². The largest absolute Gasteiger partial charge is 0.312 e. The maximum atomic E-state index is 10.9. The summed E-state index contributed by atoms with van der Waals surface area (Å²) in [6, 6.07) is 6.86. The van der Waals surface area contributed by atoms with E-state index in [2.05, 4.69) is 24.1 Å². The second-order valence-electron chi connectivity index (χ2n) is 5.89. The molecule has 0 heterocycles. The number of nitro benzene ring substituents is 1. The van der Waals surface area contributed by atoms with E-state index >= 15 is 0 Å². The zero-order valence-corrected chi connectivity index (χ0v) is 12.1. The molecular formula is C14H23N3O2. The molecular weight excluding hydrogens is 242 g/mol. The first-order valence-electron chi connectivity index (χ1n) is 6.39. The van der Waals surface area contributed by atoms with Crippen molar-refractivity contribution in [3.8, 4) is 0 Å². The van der Waals surface area contributed by atoms with Crippen LogP contribution < -0.4 is 5.32 Å². The number of benzene rings is 1. The van der Waals surface area contributed by atoms with E-state index < -0.39 is 0 Å². The lowest BCUT2D eigenvalue weighted by atomic mass is 9.93. The lowest BCUT2D eigenvalue weighted by Crippen LogP contribution is -2.37. The van der Waals surface area contributed by atoms with E-state index in [-0.39, 0.29) is 16.0 Å². The maximum absolute atomic E-state index is 10.9. The third kappa shape index (κ3) is 5.36. The summed E-state index contributed by atoms with van der Waals surface area (Å²) in [4.78, 5) is 12.7. The Morgan fingerprint density at radius 1 is 1.32 bits per heavy atom. The molecule has 0 spiro atoms. The molecule has 1 aromatic rings. The third-order valence-electron chi connectivity index (χ3n) is 2.85. The number of para-hydroxylation sites is 1. The summed E-state index contributed by atoms with van der Waals surface area (Å²) in [6.07, 6.45) is 0. The Labute approximate surface area is 114 Å². The standard InChI is InChI=1S/C14H23N3O2/c1-14(2,11-16(3)4)10-15-9-12-7-5-6-8-13(12)17(18)19/h5-8,15H,9-11H2,1-4H3. The lowest BCUT2D eigenvalue weighted by Gasteiger charge is -2.28. The van der Waals surface area contributed by atoms with Crippen molar-refractivity contribution in [2.75, 3.05) is 27.2 Å². The van der Waals surface area contributed by atoms with E-state index in [1.165, 1.54) is 0 Å². The van der Waals surface area contributed by atoms with E-state index in [9.17, 15) is 10.1 Å². The summed E-state index contributed by atoms with van der Waals surface area (Å²) in [5, 5.41) is 14.2. The minimum Gasteiger partial charge on any atom is -0.312 e. The van der Waals surface area contributed by atoms with Crippen LogP contribution in [0.4, 0.5) is 5.69 Å². The number of nitrogens with zero attached hydrogens (tertiary/aromatic N) is 2. The van der Waals surface area contributed by atoms with Crippen molar-refractivity contribution >= 4 is 5.69 Å². The zero-order valence-electron chi connectivity index (χ0n) is 12.1. The van der Waals surface area contributed by atoms with E-state index in [0.29, 0.717) is 6.54 Å². The quantitative estimate of drug-likeness (QED) is 0.607. The highest BCUT2D eigenvalue weighted by atomic mass is 16.6. The van der Waals surface area contributed by atoms with Crippen LogP contribution in [0.5, 0.6) is 0 Å². The molecule has 106 valence electrons. The van der Waals surface area contributed by atoms with Crippen LogP contribution in [0.3, 0.4) is 0 Å². The fraction of sp³-hybridized carbons (Fsp3) is 0.571. The molecule has 0 radical (unpaired) electrons. The van der Waals surface area contributed by atoms with Gasteiger partial charge in [0, 0.05) is 31.3 Å². The smallest absolute Gasteiger partial charge is 0.273 e. The molecule has 1 rings (SSSR count). The van der Waals surface area contributed by atoms with Gasteiger partial charge in [-0.2, -0.15) is 0 Å². The van der Waals surface area contributed by atoms with Crippen molar-refractivity contribution < 1.29 is 4.92 Å². The van der Waals surface area contributed by atoms with E-state index in [0.717, 1.165) is 18.7 Å². The van der Waals surface area contributed by atoms with Gasteiger partial charge in [0.25, 0.3) is 5.69 Å². The number of rotatable bonds is 7. The van der Waals surface area contributed by atoms with Gasteiger partial charge >= 0.3 is 0 Å². The highest BCUT2D eigenvalue weighted by molar-refractivity contribution is 5.39. The van der Waals surface area contributed by atoms with Gasteiger partial charge in [-0.1, -0.05) is 32.0 Å². The van der Waals surface area contributed by atoms with Crippen LogP contribution >= 0.6 is 0 Å². The van der Waals surface area contributed by atoms with Crippen LogP contribution in [0.2, 0.25) is 0 Å². The van der Waals surface area contributed by atoms with Gasteiger partial charge in [0.15, 0.2) is 0 Å². The van der Waals surface area contributed by atoms with Gasteiger partial charge in [-0.05, 0) is 19.5 Å². The number of nitrogens with one attached hydrogen (secondary N) is 1. The fourth-order valence-electron chi connectivity index (χ4n) is 2.29. The van der Waals surface area contributed by atoms with Gasteiger partial charge in [0.05, 0.1) is 4.92 Å². The molecule has 0 aromatic heterocycles. The molecule has 0 saturated heterocycles. The summed E-state index contributed by atoms with van der Waals surface area (Å²) >= 11 is 0. The molecule has 0 aliphatic carbocycles. The van der Waals surface area contributed by atoms with Gasteiger partial charge in [-0.15, -0.1) is 0 Å². The lowest BCUT2D eigenvalue weighted by molar-refractivity contribution is -0.385. The van der Waals surface area contributed by atoms with Crippen molar-refractivity contribution in [3.63, 3.8) is 0 Å². The molecule has 0 saturated carbocycles. The average molecular weight is 265 g/mol. The summed E-state index contributed by atoms with van der Waals surface area (Å²) in [5.74, 6) is 0. The monoisotopic (exact) mass is 265 g/mol. The van der Waals surface area contributed by atoms with Gasteiger partial charge in [0.2, 0.25) is 0 Å². The van der Waals surface area contributed by atoms with E-state index in [1.54, 1.807) is 18.2 Å². The van der Waals surface area contributed by atoms with Crippen LogP contribution in [0.15, 0.2) is 24.3 Å². The Hall–Kier alpha value is -1.46. The van der Waals surface area contributed by atoms with Gasteiger partial charge in [0.1, 0.15) is 0 Å². The molecule has 1 aromatic carbocycles. The predicted octanol–water partition coefficient (Wildman–Crippen LogP) is 2.27. The highest BCUT2D eigenvalue weighted by Gasteiger charge is 2.19. The minimum absolute atomic E-state index is 0.132. The third-order valence-corrected chi connectivity index (χ3v) is 2.85. The molecule has 0 aliphatic rings. The van der Waals surface area contributed by atoms with Gasteiger partial charge in [-0.3, -0.25) is 10.1 Å². The molecule has 0 unspecified atom stereocenters. The molecule has 5 nitrogen and oxygen atoms in total. The summed E-state index contributed by atoms with van der Waals surface area (Å²) in [5.41, 5.74) is 1.04. The Morgan fingerprint density at radius 3 is 2.53 bits per heavy atom. The summed E-state index contributed by atoms with van der Waals surface area (Å²) in [7, 11) is 4.09. The second-order valence-corrected chi connectivity index (χ2v) is 5.89. The van der Waals surface area contributed by atoms with Crippen LogP contribution in [0, 0.1) is 15.5 Å². The SMILES string of the molecule is CN(C)CC(C)(C)CNCc1ccccc1[N+](=O)[O-]. The second kappa shape index (κ2) is 6.63. The van der Waals surface area contributed by atoms with Crippen molar-refractivity contribution in [1.82, 2.24) is 10.2 Å². The molecule has 0 fully saturated rings. The molecule has 0 amide bonds. The Morgan fingerprint density at radius 2 is 1.95 bits per heavy atom. The first-order chi connectivity index (χ1) is 8.82. The maximum Gasteiger partial charge on any atom is 0.273 e. The number of nitro groups is 1. The molecule has 0 bridgehead atoms. The minimum atomic E-state index is -0.331. The summed E-state index contributed by atoms with van der Waals surface area (Å²) in [6.45, 7) is 6.67. The predicted molar refractivity (Wildman–Crippen MR) is 77.1 cm³/mol. The van der Waals surface area contributed by atoms with Gasteiger partial charge in [-0.25, -0.2) is 0 Å². The first kappa shape index (κ1) is 15.6. The highest BCUT2D eigenvalue weighted by Crippen LogP contribution is 2.18. The molecule has 1 N–H and O–H groups in total. The zero-order chi connectivity index (χ0) is 14.5. The fourth-order valence-corrected chi connectivity index (χ4v) is 2.29. The van der Waals surface area contributed by atoms with Crippen molar-refractivity contribution in [1.29, 1.82) is 0 Å². The Bertz CT molecular complexity index is 430. The molecule has 19 heavy (non-hydrogen) atoms. The topological polar surface area (TPSA) is 58.4 Å². The van der Waals surface area contributed by atoms with Crippen LogP contribution in [-0.2, 0) is 6.54 Å². The Balaban J connectivity index is 2.56. The molecule has 0 aliphatic heterocycles. The first-order valence-corrected chi connectivity index (χ1v) is 6.39. The van der Waals surface area contributed by atoms with Gasteiger partial charge < -0.3 is 10.2 Å². The van der Waals surface area contributed by atoms with E-state index in [4.69, 9.17) is 0 Å². The Kier molecular flexibility index (Phi) is 5.44. The molecule has 0 atom stereocenters. The number of hydrogen-bond acceptors (Lipinski definition) is 4. The molecule has 5 heteroatoms. The van der Waals surface area contributed by atoms with Crippen molar-refractivity contribution in [2.45, 2.75) is 20.4 Å².